The molecule has 0 atom stereocenters. The second-order valence-electron chi connectivity index (χ2n) is 5.43. The Bertz CT molecular complexity index is 860. The molecule has 130 valence electrons. The molecule has 1 aliphatic heterocycles. The van der Waals surface area contributed by atoms with E-state index in [1.165, 1.54) is 19.2 Å². The fourth-order valence-corrected chi connectivity index (χ4v) is 2.63. The molecule has 1 aromatic carbocycles. The zero-order valence-electron chi connectivity index (χ0n) is 13.3. The van der Waals surface area contributed by atoms with Crippen LogP contribution in [0, 0.1) is 10.1 Å². The monoisotopic (exact) mass is 345 g/mol. The van der Waals surface area contributed by atoms with Crippen molar-refractivity contribution in [3.05, 3.63) is 50.8 Å². The molecule has 0 saturated carbocycles. The van der Waals surface area contributed by atoms with Crippen LogP contribution in [0.4, 0.5) is 11.4 Å². The Balaban J connectivity index is 1.90. The van der Waals surface area contributed by atoms with Gasteiger partial charge in [0, 0.05) is 48.6 Å². The highest BCUT2D eigenvalue weighted by molar-refractivity contribution is 6.05. The number of fused-ring (bicyclic) bond motifs is 1. The molecule has 0 bridgehead atoms. The minimum absolute atomic E-state index is 0.0299. The second kappa shape index (κ2) is 6.69. The first-order valence-corrected chi connectivity index (χ1v) is 7.45. The Hall–Kier alpha value is -3.27. The minimum atomic E-state index is -0.736. The van der Waals surface area contributed by atoms with Crippen LogP contribution in [-0.4, -0.2) is 40.7 Å². The van der Waals surface area contributed by atoms with Gasteiger partial charge in [0.15, 0.2) is 5.69 Å². The first-order valence-electron chi connectivity index (χ1n) is 7.45. The maximum Gasteiger partial charge on any atom is 0.338 e. The SMILES string of the molecule is COC(=O)c1cc(NC(=O)c2n[nH]c3c2CNCC3)cc([N+](=O)[O-])c1. The molecule has 0 fully saturated rings. The number of non-ortho nitro benzene ring substituents is 1. The molecule has 2 heterocycles. The number of nitrogens with one attached hydrogen (secondary N) is 3. The Labute approximate surface area is 141 Å². The number of carbonyl (C=O) groups is 2. The molecular formula is C15H15N5O5. The number of hydrogen-bond acceptors (Lipinski definition) is 7. The van der Waals surface area contributed by atoms with E-state index >= 15 is 0 Å². The molecule has 3 rings (SSSR count). The summed E-state index contributed by atoms with van der Waals surface area (Å²) in [6.45, 7) is 1.31. The highest BCUT2D eigenvalue weighted by Gasteiger charge is 2.23. The Morgan fingerprint density at radius 1 is 1.36 bits per heavy atom. The van der Waals surface area contributed by atoms with Gasteiger partial charge in [0.05, 0.1) is 17.6 Å². The summed E-state index contributed by atoms with van der Waals surface area (Å²) in [7, 11) is 1.17. The number of benzene rings is 1. The van der Waals surface area contributed by atoms with Crippen LogP contribution in [0.5, 0.6) is 0 Å². The van der Waals surface area contributed by atoms with Crippen LogP contribution < -0.4 is 10.6 Å². The van der Waals surface area contributed by atoms with Gasteiger partial charge in [-0.1, -0.05) is 0 Å². The second-order valence-corrected chi connectivity index (χ2v) is 5.43. The van der Waals surface area contributed by atoms with Gasteiger partial charge in [0.1, 0.15) is 0 Å². The molecular weight excluding hydrogens is 330 g/mol. The smallest absolute Gasteiger partial charge is 0.338 e. The molecule has 3 N–H and O–H groups in total. The van der Waals surface area contributed by atoms with E-state index in [-0.39, 0.29) is 22.6 Å². The average Bonchev–Trinajstić information content (AvgIpc) is 3.04. The van der Waals surface area contributed by atoms with Crippen LogP contribution in [0.1, 0.15) is 32.1 Å². The first kappa shape index (κ1) is 16.6. The highest BCUT2D eigenvalue weighted by atomic mass is 16.6. The van der Waals surface area contributed by atoms with Gasteiger partial charge in [-0.25, -0.2) is 4.79 Å². The van der Waals surface area contributed by atoms with Crippen LogP contribution in [0.3, 0.4) is 0 Å². The van der Waals surface area contributed by atoms with Crippen molar-refractivity contribution >= 4 is 23.3 Å². The van der Waals surface area contributed by atoms with Crippen molar-refractivity contribution in [2.45, 2.75) is 13.0 Å². The predicted molar refractivity (Wildman–Crippen MR) is 86.4 cm³/mol. The first-order chi connectivity index (χ1) is 12.0. The number of nitro groups is 1. The molecule has 0 aliphatic carbocycles. The summed E-state index contributed by atoms with van der Waals surface area (Å²) >= 11 is 0. The van der Waals surface area contributed by atoms with E-state index in [1.807, 2.05) is 0 Å². The van der Waals surface area contributed by atoms with Gasteiger partial charge in [-0.15, -0.1) is 0 Å². The standard InChI is InChI=1S/C15H15N5O5/c1-25-15(22)8-4-9(6-10(5-8)20(23)24)17-14(21)13-11-7-16-3-2-12(11)18-19-13/h4-6,16H,2-3,7H2,1H3,(H,17,21)(H,18,19). The molecule has 1 amide bonds. The summed E-state index contributed by atoms with van der Waals surface area (Å²) in [5, 5.41) is 23.6. The minimum Gasteiger partial charge on any atom is -0.465 e. The van der Waals surface area contributed by atoms with Gasteiger partial charge in [-0.2, -0.15) is 5.10 Å². The molecule has 1 aromatic heterocycles. The number of anilines is 1. The van der Waals surface area contributed by atoms with Crippen molar-refractivity contribution in [1.82, 2.24) is 15.5 Å². The lowest BCUT2D eigenvalue weighted by molar-refractivity contribution is -0.384. The highest BCUT2D eigenvalue weighted by Crippen LogP contribution is 2.23. The number of amides is 1. The van der Waals surface area contributed by atoms with Crippen LogP contribution >= 0.6 is 0 Å². The van der Waals surface area contributed by atoms with E-state index < -0.39 is 16.8 Å². The summed E-state index contributed by atoms with van der Waals surface area (Å²) in [5.74, 6) is -1.25. The molecule has 10 nitrogen and oxygen atoms in total. The molecule has 1 aliphatic rings. The normalized spacial score (nSPS) is 13.0. The summed E-state index contributed by atoms with van der Waals surface area (Å²) < 4.78 is 4.58. The van der Waals surface area contributed by atoms with E-state index in [1.54, 1.807) is 0 Å². The maximum atomic E-state index is 12.5. The number of aromatic amines is 1. The maximum absolute atomic E-state index is 12.5. The van der Waals surface area contributed by atoms with Crippen molar-refractivity contribution in [3.8, 4) is 0 Å². The molecule has 2 aromatic rings. The van der Waals surface area contributed by atoms with E-state index in [4.69, 9.17) is 0 Å². The Morgan fingerprint density at radius 2 is 2.16 bits per heavy atom. The van der Waals surface area contributed by atoms with Crippen molar-refractivity contribution < 1.29 is 19.2 Å². The third-order valence-corrected chi connectivity index (χ3v) is 3.83. The van der Waals surface area contributed by atoms with Gasteiger partial charge < -0.3 is 15.4 Å². The molecule has 0 unspecified atom stereocenters. The molecule has 25 heavy (non-hydrogen) atoms. The molecule has 0 spiro atoms. The van der Waals surface area contributed by atoms with Gasteiger partial charge in [0.2, 0.25) is 0 Å². The predicted octanol–water partition coefficient (Wildman–Crippen LogP) is 1.00. The number of hydrogen-bond donors (Lipinski definition) is 3. The van der Waals surface area contributed by atoms with Gasteiger partial charge in [0.25, 0.3) is 11.6 Å². The van der Waals surface area contributed by atoms with Crippen LogP contribution in [-0.2, 0) is 17.7 Å². The van der Waals surface area contributed by atoms with Gasteiger partial charge in [-0.05, 0) is 6.07 Å². The van der Waals surface area contributed by atoms with Gasteiger partial charge in [-0.3, -0.25) is 20.0 Å². The van der Waals surface area contributed by atoms with Crippen LogP contribution in [0.2, 0.25) is 0 Å². The summed E-state index contributed by atoms with van der Waals surface area (Å²) in [6.07, 6.45) is 0.735. The number of H-pyrrole nitrogens is 1. The summed E-state index contributed by atoms with van der Waals surface area (Å²) in [6, 6.07) is 3.57. The number of methoxy groups -OCH3 is 1. The third-order valence-electron chi connectivity index (χ3n) is 3.83. The van der Waals surface area contributed by atoms with Crippen molar-refractivity contribution in [2.24, 2.45) is 0 Å². The number of esters is 1. The number of aromatic nitrogens is 2. The summed E-state index contributed by atoms with van der Waals surface area (Å²) in [4.78, 5) is 34.5. The Kier molecular flexibility index (Phi) is 4.44. The summed E-state index contributed by atoms with van der Waals surface area (Å²) in [5.41, 5.74) is 1.62. The molecule has 0 radical (unpaired) electrons. The number of rotatable bonds is 4. The van der Waals surface area contributed by atoms with Crippen molar-refractivity contribution in [1.29, 1.82) is 0 Å². The topological polar surface area (TPSA) is 139 Å². The van der Waals surface area contributed by atoms with Crippen molar-refractivity contribution in [3.63, 3.8) is 0 Å². The zero-order valence-corrected chi connectivity index (χ0v) is 13.3. The zero-order chi connectivity index (χ0) is 18.0. The van der Waals surface area contributed by atoms with Crippen LogP contribution in [0.25, 0.3) is 0 Å². The van der Waals surface area contributed by atoms with E-state index in [9.17, 15) is 19.7 Å². The third kappa shape index (κ3) is 3.33. The van der Waals surface area contributed by atoms with Crippen molar-refractivity contribution in [2.75, 3.05) is 19.0 Å². The fourth-order valence-electron chi connectivity index (χ4n) is 2.63. The van der Waals surface area contributed by atoms with E-state index in [2.05, 4.69) is 25.6 Å². The van der Waals surface area contributed by atoms with E-state index in [0.717, 1.165) is 30.3 Å². The lowest BCUT2D eigenvalue weighted by Crippen LogP contribution is -2.25. The molecule has 0 saturated heterocycles. The number of carbonyl (C=O) groups excluding carboxylic acids is 2. The quantitative estimate of drug-likeness (QED) is 0.427. The fraction of sp³-hybridized carbons (Fsp3) is 0.267. The van der Waals surface area contributed by atoms with Gasteiger partial charge >= 0.3 is 5.97 Å². The number of ether oxygens (including phenoxy) is 1. The van der Waals surface area contributed by atoms with E-state index in [0.29, 0.717) is 6.54 Å². The van der Waals surface area contributed by atoms with Crippen LogP contribution in [0.15, 0.2) is 18.2 Å². The Morgan fingerprint density at radius 3 is 2.88 bits per heavy atom. The molecule has 10 heteroatoms. The lowest BCUT2D eigenvalue weighted by Gasteiger charge is -2.13. The largest absolute Gasteiger partial charge is 0.465 e. The lowest BCUT2D eigenvalue weighted by atomic mass is 10.1. The average molecular weight is 345 g/mol. The number of nitro benzene ring substituents is 1. The number of nitrogens with zero attached hydrogens (tertiary/aromatic N) is 2.